The van der Waals surface area contributed by atoms with Crippen LogP contribution >= 0.6 is 0 Å². The van der Waals surface area contributed by atoms with E-state index in [4.69, 9.17) is 9.47 Å². The lowest BCUT2D eigenvalue weighted by atomic mass is 9.91. The maximum atomic E-state index is 11.7. The van der Waals surface area contributed by atoms with Gasteiger partial charge < -0.3 is 9.47 Å². The minimum absolute atomic E-state index is 0.0441. The van der Waals surface area contributed by atoms with Crippen molar-refractivity contribution in [1.82, 2.24) is 5.43 Å². The third kappa shape index (κ3) is 4.44. The molecule has 17 heavy (non-hydrogen) atoms. The highest BCUT2D eigenvalue weighted by Crippen LogP contribution is 2.22. The first kappa shape index (κ1) is 14.1. The zero-order valence-electron chi connectivity index (χ0n) is 11.3. The number of rotatable bonds is 3. The van der Waals surface area contributed by atoms with Crippen LogP contribution in [-0.4, -0.2) is 30.6 Å². The van der Waals surface area contributed by atoms with Gasteiger partial charge >= 0.3 is 0 Å². The summed E-state index contributed by atoms with van der Waals surface area (Å²) in [6, 6.07) is 0. The van der Waals surface area contributed by atoms with Crippen molar-refractivity contribution >= 4 is 11.6 Å². The first-order chi connectivity index (χ1) is 7.73. The maximum absolute atomic E-state index is 11.7. The quantitative estimate of drug-likeness (QED) is 0.605. The lowest BCUT2D eigenvalue weighted by Gasteiger charge is -2.21. The van der Waals surface area contributed by atoms with Crippen molar-refractivity contribution in [3.05, 3.63) is 0 Å². The third-order valence-electron chi connectivity index (χ3n) is 2.81. The summed E-state index contributed by atoms with van der Waals surface area (Å²) in [6.45, 7) is 10.9. The van der Waals surface area contributed by atoms with Crippen molar-refractivity contribution < 1.29 is 14.3 Å². The van der Waals surface area contributed by atoms with Gasteiger partial charge in [0.2, 0.25) is 5.91 Å². The third-order valence-corrected chi connectivity index (χ3v) is 2.81. The van der Waals surface area contributed by atoms with E-state index in [-0.39, 0.29) is 17.7 Å². The molecule has 0 spiro atoms. The number of carbonyl (C=O) groups excluding carboxylic acids is 1. The summed E-state index contributed by atoms with van der Waals surface area (Å²) in [4.78, 5) is 11.7. The first-order valence-electron chi connectivity index (χ1n) is 5.84. The molecule has 1 rings (SSSR count). The van der Waals surface area contributed by atoms with Gasteiger partial charge in [-0.1, -0.05) is 20.8 Å². The number of amides is 1. The minimum Gasteiger partial charge on any atom is -0.347 e. The topological polar surface area (TPSA) is 59.9 Å². The summed E-state index contributed by atoms with van der Waals surface area (Å²) >= 11 is 0. The molecule has 5 heteroatoms. The molecular weight excluding hydrogens is 220 g/mol. The number of carbonyl (C=O) groups is 1. The van der Waals surface area contributed by atoms with Gasteiger partial charge in [0.05, 0.1) is 19.6 Å². The van der Waals surface area contributed by atoms with Gasteiger partial charge in [-0.3, -0.25) is 4.79 Å². The molecule has 1 heterocycles. The number of hydrazone groups is 1. The molecule has 0 bridgehead atoms. The Morgan fingerprint density at radius 1 is 1.35 bits per heavy atom. The first-order valence-corrected chi connectivity index (χ1v) is 5.84. The average molecular weight is 242 g/mol. The average Bonchev–Trinajstić information content (AvgIpc) is 2.59. The van der Waals surface area contributed by atoms with Gasteiger partial charge in [-0.15, -0.1) is 0 Å². The van der Waals surface area contributed by atoms with Crippen molar-refractivity contribution in [3.63, 3.8) is 0 Å². The second-order valence-corrected chi connectivity index (χ2v) is 5.49. The minimum atomic E-state index is -0.796. The zero-order valence-corrected chi connectivity index (χ0v) is 11.3. The van der Waals surface area contributed by atoms with E-state index in [1.807, 2.05) is 27.7 Å². The monoisotopic (exact) mass is 242 g/mol. The van der Waals surface area contributed by atoms with Crippen LogP contribution in [0.2, 0.25) is 0 Å². The summed E-state index contributed by atoms with van der Waals surface area (Å²) in [5.74, 6) is -0.993. The van der Waals surface area contributed by atoms with Crippen LogP contribution in [0.4, 0.5) is 0 Å². The van der Waals surface area contributed by atoms with Gasteiger partial charge in [-0.05, 0) is 13.8 Å². The predicted molar refractivity (Wildman–Crippen MR) is 65.6 cm³/mol. The van der Waals surface area contributed by atoms with Crippen LogP contribution in [0.3, 0.4) is 0 Å². The number of hydrogen-bond donors (Lipinski definition) is 1. The number of nitrogens with one attached hydrogen (secondary N) is 1. The smallest absolute Gasteiger partial charge is 0.245 e. The van der Waals surface area contributed by atoms with Crippen molar-refractivity contribution in [2.45, 2.75) is 46.8 Å². The Labute approximate surface area is 103 Å². The van der Waals surface area contributed by atoms with E-state index >= 15 is 0 Å². The molecule has 0 aromatic rings. The second kappa shape index (κ2) is 5.14. The van der Waals surface area contributed by atoms with Crippen LogP contribution in [-0.2, 0) is 14.3 Å². The van der Waals surface area contributed by atoms with Gasteiger partial charge in [-0.25, -0.2) is 5.43 Å². The Kier molecular flexibility index (Phi) is 4.27. The fourth-order valence-electron chi connectivity index (χ4n) is 1.30. The van der Waals surface area contributed by atoms with E-state index in [9.17, 15) is 4.79 Å². The van der Waals surface area contributed by atoms with Crippen LogP contribution in [0.5, 0.6) is 0 Å². The summed E-state index contributed by atoms with van der Waals surface area (Å²) in [6.07, 6.45) is 0.161. The SMILES string of the molecule is C/C(=N/NC(=O)CC1(C)OCCO1)C(C)(C)C. The van der Waals surface area contributed by atoms with E-state index in [2.05, 4.69) is 10.5 Å². The predicted octanol–water partition coefficient (Wildman–Crippen LogP) is 1.68. The fraction of sp³-hybridized carbons (Fsp3) is 0.833. The molecule has 0 aromatic heterocycles. The molecule has 0 radical (unpaired) electrons. The van der Waals surface area contributed by atoms with Gasteiger partial charge in [0, 0.05) is 11.1 Å². The van der Waals surface area contributed by atoms with Gasteiger partial charge in [0.25, 0.3) is 0 Å². The standard InChI is InChI=1S/C12H22N2O3/c1-9(11(2,3)4)13-14-10(15)8-12(5)16-6-7-17-12/h6-8H2,1-5H3,(H,14,15)/b13-9-. The summed E-state index contributed by atoms with van der Waals surface area (Å²) < 4.78 is 10.7. The molecule has 0 aromatic carbocycles. The Morgan fingerprint density at radius 3 is 2.35 bits per heavy atom. The van der Waals surface area contributed by atoms with E-state index in [1.165, 1.54) is 0 Å². The Morgan fingerprint density at radius 2 is 1.88 bits per heavy atom. The van der Waals surface area contributed by atoms with E-state index < -0.39 is 5.79 Å². The van der Waals surface area contributed by atoms with Crippen molar-refractivity contribution in [1.29, 1.82) is 0 Å². The summed E-state index contributed by atoms with van der Waals surface area (Å²) in [5, 5.41) is 4.07. The van der Waals surface area contributed by atoms with Crippen molar-refractivity contribution in [2.75, 3.05) is 13.2 Å². The normalized spacial score (nSPS) is 20.4. The molecule has 0 unspecified atom stereocenters. The molecule has 1 aliphatic rings. The summed E-state index contributed by atoms with van der Waals surface area (Å²) in [7, 11) is 0. The van der Waals surface area contributed by atoms with E-state index in [0.717, 1.165) is 5.71 Å². The molecule has 1 aliphatic heterocycles. The van der Waals surface area contributed by atoms with Crippen LogP contribution in [0.25, 0.3) is 0 Å². The lowest BCUT2D eigenvalue weighted by molar-refractivity contribution is -0.159. The number of ether oxygens (including phenoxy) is 2. The van der Waals surface area contributed by atoms with E-state index in [1.54, 1.807) is 6.92 Å². The largest absolute Gasteiger partial charge is 0.347 e. The Balaban J connectivity index is 2.45. The van der Waals surface area contributed by atoms with Crippen LogP contribution in [0.15, 0.2) is 5.10 Å². The van der Waals surface area contributed by atoms with Crippen LogP contribution in [0.1, 0.15) is 41.0 Å². The maximum Gasteiger partial charge on any atom is 0.245 e. The van der Waals surface area contributed by atoms with Crippen molar-refractivity contribution in [2.24, 2.45) is 10.5 Å². The molecule has 5 nitrogen and oxygen atoms in total. The molecule has 1 saturated heterocycles. The number of nitrogens with zero attached hydrogens (tertiary/aromatic N) is 1. The molecule has 0 atom stereocenters. The highest BCUT2D eigenvalue weighted by atomic mass is 16.7. The lowest BCUT2D eigenvalue weighted by Crippen LogP contribution is -2.34. The second-order valence-electron chi connectivity index (χ2n) is 5.49. The zero-order chi connectivity index (χ0) is 13.1. The Hall–Kier alpha value is -0.940. The summed E-state index contributed by atoms with van der Waals surface area (Å²) in [5.41, 5.74) is 3.36. The molecule has 98 valence electrons. The highest BCUT2D eigenvalue weighted by Gasteiger charge is 2.33. The fourth-order valence-corrected chi connectivity index (χ4v) is 1.30. The van der Waals surface area contributed by atoms with Crippen LogP contribution in [0, 0.1) is 5.41 Å². The van der Waals surface area contributed by atoms with Gasteiger partial charge in [-0.2, -0.15) is 5.10 Å². The highest BCUT2D eigenvalue weighted by molar-refractivity contribution is 5.88. The molecule has 1 fully saturated rings. The molecular formula is C12H22N2O3. The van der Waals surface area contributed by atoms with Crippen LogP contribution < -0.4 is 5.43 Å². The van der Waals surface area contributed by atoms with Crippen molar-refractivity contribution in [3.8, 4) is 0 Å². The van der Waals surface area contributed by atoms with Gasteiger partial charge in [0.15, 0.2) is 5.79 Å². The molecule has 0 aliphatic carbocycles. The number of hydrogen-bond acceptors (Lipinski definition) is 4. The molecule has 0 saturated carbocycles. The molecule has 1 N–H and O–H groups in total. The van der Waals surface area contributed by atoms with Gasteiger partial charge in [0.1, 0.15) is 0 Å². The molecule has 1 amide bonds. The Bertz CT molecular complexity index is 312. The van der Waals surface area contributed by atoms with E-state index in [0.29, 0.717) is 13.2 Å².